The minimum atomic E-state index is -2.77. The Hall–Kier alpha value is -0.693. The first-order valence-electron chi connectivity index (χ1n) is 5.39. The van der Waals surface area contributed by atoms with Gasteiger partial charge in [0.15, 0.2) is 8.32 Å². The molecule has 0 aromatic heterocycles. The molecule has 0 saturated heterocycles. The van der Waals surface area contributed by atoms with E-state index >= 15 is 0 Å². The fraction of sp³-hybridized carbons (Fsp3) is 0.900. The van der Waals surface area contributed by atoms with Crippen LogP contribution in [0.5, 0.6) is 0 Å². The molecule has 0 aliphatic rings. The van der Waals surface area contributed by atoms with E-state index in [1.165, 1.54) is 0 Å². The number of hydrogen-bond donors (Lipinski definition) is 2. The van der Waals surface area contributed by atoms with E-state index in [-0.39, 0.29) is 11.6 Å². The van der Waals surface area contributed by atoms with Gasteiger partial charge in [-0.3, -0.25) is 0 Å². The third-order valence-corrected chi connectivity index (χ3v) is 7.54. The van der Waals surface area contributed by atoms with Crippen molar-refractivity contribution in [2.45, 2.75) is 51.4 Å². The lowest BCUT2D eigenvalue weighted by Crippen LogP contribution is -2.48. The highest BCUT2D eigenvalue weighted by molar-refractivity contribution is 6.74. The van der Waals surface area contributed by atoms with E-state index in [0.717, 1.165) is 0 Å². The van der Waals surface area contributed by atoms with Gasteiger partial charge in [-0.1, -0.05) is 20.8 Å². The summed E-state index contributed by atoms with van der Waals surface area (Å²) in [5.41, 5.74) is 0. The van der Waals surface area contributed by atoms with Crippen LogP contribution in [0, 0.1) is 0 Å². The van der Waals surface area contributed by atoms with Crippen LogP contribution in [-0.2, 0) is 4.43 Å². The Labute approximate surface area is 101 Å². The van der Waals surface area contributed by atoms with Crippen molar-refractivity contribution in [3.8, 4) is 0 Å². The van der Waals surface area contributed by atoms with Crippen molar-refractivity contribution in [2.24, 2.45) is 0 Å². The maximum absolute atomic E-state index is 12.5. The third kappa shape index (κ3) is 5.45. The summed E-state index contributed by atoms with van der Waals surface area (Å²) in [6.45, 7) is 9.52. The molecular weight excluding hydrogens is 248 g/mol. The quantitative estimate of drug-likeness (QED) is 0.754. The Morgan fingerprint density at radius 3 is 2.18 bits per heavy atom. The fourth-order valence-electron chi connectivity index (χ4n) is 0.851. The van der Waals surface area contributed by atoms with E-state index < -0.39 is 26.9 Å². The second-order valence-corrected chi connectivity index (χ2v) is 10.3. The second kappa shape index (κ2) is 5.77. The van der Waals surface area contributed by atoms with E-state index in [0.29, 0.717) is 0 Å². The minimum absolute atomic E-state index is 0.0943. The van der Waals surface area contributed by atoms with Crippen molar-refractivity contribution >= 4 is 14.4 Å². The minimum Gasteiger partial charge on any atom is -0.465 e. The van der Waals surface area contributed by atoms with Crippen LogP contribution in [0.4, 0.5) is 13.6 Å². The highest BCUT2D eigenvalue weighted by Crippen LogP contribution is 2.36. The van der Waals surface area contributed by atoms with Crippen LogP contribution in [0.25, 0.3) is 0 Å². The molecule has 0 heterocycles. The van der Waals surface area contributed by atoms with Crippen molar-refractivity contribution in [1.29, 1.82) is 0 Å². The van der Waals surface area contributed by atoms with Gasteiger partial charge >= 0.3 is 6.09 Å². The molecule has 0 rings (SSSR count). The van der Waals surface area contributed by atoms with Gasteiger partial charge in [0, 0.05) is 0 Å². The number of hydrogen-bond acceptors (Lipinski definition) is 2. The molecule has 1 unspecified atom stereocenters. The van der Waals surface area contributed by atoms with E-state index in [2.05, 4.69) is 0 Å². The lowest BCUT2D eigenvalue weighted by molar-refractivity contribution is 0.0666. The summed E-state index contributed by atoms with van der Waals surface area (Å²) in [6, 6.07) is -1.47. The Balaban J connectivity index is 4.45. The monoisotopic (exact) mass is 269 g/mol. The van der Waals surface area contributed by atoms with Gasteiger partial charge in [-0.2, -0.15) is 0 Å². The van der Waals surface area contributed by atoms with Crippen LogP contribution >= 0.6 is 0 Å². The molecule has 1 amide bonds. The molecule has 0 radical (unpaired) electrons. The first kappa shape index (κ1) is 16.3. The van der Waals surface area contributed by atoms with Crippen LogP contribution in [0.15, 0.2) is 0 Å². The maximum atomic E-state index is 12.5. The summed E-state index contributed by atoms with van der Waals surface area (Å²) in [5.74, 6) is 0. The summed E-state index contributed by atoms with van der Waals surface area (Å²) in [7, 11) is -2.13. The zero-order valence-electron chi connectivity index (χ0n) is 10.9. The standard InChI is InChI=1S/C10H21F2NO3Si/c1-10(2,3)17(4,5)16-6-7(8(11)12)13-9(14)15/h7-8,13H,6H2,1-5H3,(H,14,15). The van der Waals surface area contributed by atoms with Crippen molar-refractivity contribution in [1.82, 2.24) is 5.32 Å². The van der Waals surface area contributed by atoms with Gasteiger partial charge in [0.25, 0.3) is 6.43 Å². The molecule has 4 nitrogen and oxygen atoms in total. The molecule has 17 heavy (non-hydrogen) atoms. The molecule has 0 saturated carbocycles. The molecular formula is C10H21F2NO3Si. The highest BCUT2D eigenvalue weighted by atomic mass is 28.4. The molecule has 0 bridgehead atoms. The van der Waals surface area contributed by atoms with E-state index in [1.807, 2.05) is 33.9 Å². The van der Waals surface area contributed by atoms with Gasteiger partial charge < -0.3 is 14.8 Å². The third-order valence-electron chi connectivity index (χ3n) is 3.04. The Bertz CT molecular complexity index is 267. The van der Waals surface area contributed by atoms with Crippen LogP contribution in [0.2, 0.25) is 18.1 Å². The lowest BCUT2D eigenvalue weighted by atomic mass is 10.2. The van der Waals surface area contributed by atoms with Gasteiger partial charge in [-0.25, -0.2) is 13.6 Å². The maximum Gasteiger partial charge on any atom is 0.405 e. The zero-order chi connectivity index (χ0) is 13.9. The van der Waals surface area contributed by atoms with Gasteiger partial charge in [-0.05, 0) is 18.1 Å². The molecule has 2 N–H and O–H groups in total. The summed E-state index contributed by atoms with van der Waals surface area (Å²) in [5, 5.41) is 10.1. The van der Waals surface area contributed by atoms with Gasteiger partial charge in [0.1, 0.15) is 6.04 Å². The lowest BCUT2D eigenvalue weighted by Gasteiger charge is -2.37. The van der Waals surface area contributed by atoms with Crippen LogP contribution in [0.1, 0.15) is 20.8 Å². The van der Waals surface area contributed by atoms with Crippen molar-refractivity contribution < 1.29 is 23.1 Å². The van der Waals surface area contributed by atoms with Crippen LogP contribution < -0.4 is 5.32 Å². The number of carbonyl (C=O) groups is 1. The molecule has 0 spiro atoms. The Morgan fingerprint density at radius 2 is 1.88 bits per heavy atom. The van der Waals surface area contributed by atoms with Crippen LogP contribution in [0.3, 0.4) is 0 Å². The molecule has 102 valence electrons. The number of nitrogens with one attached hydrogen (secondary N) is 1. The molecule has 1 atom stereocenters. The highest BCUT2D eigenvalue weighted by Gasteiger charge is 2.38. The van der Waals surface area contributed by atoms with Crippen molar-refractivity contribution in [2.75, 3.05) is 6.61 Å². The predicted octanol–water partition coefficient (Wildman–Crippen LogP) is 2.91. The number of halogens is 2. The predicted molar refractivity (Wildman–Crippen MR) is 64.1 cm³/mol. The van der Waals surface area contributed by atoms with E-state index in [1.54, 1.807) is 5.32 Å². The molecule has 0 aromatic carbocycles. The normalized spacial score (nSPS) is 14.8. The molecule has 0 aromatic rings. The fourth-order valence-corrected chi connectivity index (χ4v) is 1.88. The topological polar surface area (TPSA) is 58.6 Å². The van der Waals surface area contributed by atoms with Crippen molar-refractivity contribution in [3.63, 3.8) is 0 Å². The smallest absolute Gasteiger partial charge is 0.405 e. The second-order valence-electron chi connectivity index (χ2n) is 5.46. The average Bonchev–Trinajstić information content (AvgIpc) is 2.09. The van der Waals surface area contributed by atoms with Gasteiger partial charge in [-0.15, -0.1) is 0 Å². The van der Waals surface area contributed by atoms with E-state index in [4.69, 9.17) is 9.53 Å². The van der Waals surface area contributed by atoms with Crippen molar-refractivity contribution in [3.05, 3.63) is 0 Å². The number of rotatable bonds is 5. The zero-order valence-corrected chi connectivity index (χ0v) is 11.9. The van der Waals surface area contributed by atoms with Gasteiger partial charge in [0.05, 0.1) is 6.61 Å². The number of carboxylic acid groups (broad SMARTS) is 1. The summed E-state index contributed by atoms with van der Waals surface area (Å²) < 4.78 is 30.6. The van der Waals surface area contributed by atoms with Crippen LogP contribution in [-0.4, -0.2) is 38.6 Å². The Morgan fingerprint density at radius 1 is 1.41 bits per heavy atom. The Kier molecular flexibility index (Phi) is 5.53. The largest absolute Gasteiger partial charge is 0.465 e. The molecule has 0 aliphatic carbocycles. The summed E-state index contributed by atoms with van der Waals surface area (Å²) in [6.07, 6.45) is -4.23. The number of amides is 1. The molecule has 0 aliphatic heterocycles. The first-order chi connectivity index (χ1) is 7.47. The number of alkyl halides is 2. The molecule has 0 fully saturated rings. The van der Waals surface area contributed by atoms with E-state index in [9.17, 15) is 13.6 Å². The first-order valence-corrected chi connectivity index (χ1v) is 8.30. The summed E-state index contributed by atoms with van der Waals surface area (Å²) in [4.78, 5) is 10.3. The SMILES string of the molecule is CC(C)(C)[Si](C)(C)OCC(NC(=O)O)C(F)F. The van der Waals surface area contributed by atoms with Gasteiger partial charge in [0.2, 0.25) is 0 Å². The molecule has 7 heteroatoms. The summed E-state index contributed by atoms with van der Waals surface area (Å²) >= 11 is 0. The average molecular weight is 269 g/mol.